The largest absolute Gasteiger partial charge is 0.452 e. The standard InChI is InChI=1S/C19H15ClN4O6/c1-10(18(26)21-16-8-11(24(28)29)6-7-14(16)20)30-17(25)9-15-12-4-2-3-5-13(12)19(27)23-22-15/h2-8,10H,9H2,1H3,(H,21,26)(H,23,27)/t10-/m0/s1. The molecule has 0 unspecified atom stereocenters. The molecule has 0 spiro atoms. The number of amides is 1. The van der Waals surface area contributed by atoms with E-state index in [1.807, 2.05) is 0 Å². The van der Waals surface area contributed by atoms with E-state index in [1.54, 1.807) is 24.3 Å². The van der Waals surface area contributed by atoms with E-state index < -0.39 is 22.9 Å². The second-order valence-electron chi connectivity index (χ2n) is 6.26. The zero-order valence-electron chi connectivity index (χ0n) is 15.5. The summed E-state index contributed by atoms with van der Waals surface area (Å²) in [5, 5.41) is 20.4. The number of aromatic amines is 1. The molecule has 3 rings (SSSR count). The maximum Gasteiger partial charge on any atom is 0.312 e. The fourth-order valence-electron chi connectivity index (χ4n) is 2.69. The van der Waals surface area contributed by atoms with Crippen molar-refractivity contribution in [3.05, 3.63) is 73.6 Å². The van der Waals surface area contributed by atoms with E-state index in [0.717, 1.165) is 6.07 Å². The van der Waals surface area contributed by atoms with Crippen molar-refractivity contribution in [2.75, 3.05) is 5.32 Å². The van der Waals surface area contributed by atoms with Crippen LogP contribution in [0, 0.1) is 10.1 Å². The molecular formula is C19H15ClN4O6. The number of nitro groups is 1. The Kier molecular flexibility index (Phi) is 6.07. The number of halogens is 1. The lowest BCUT2D eigenvalue weighted by Gasteiger charge is -2.14. The lowest BCUT2D eigenvalue weighted by molar-refractivity contribution is -0.384. The Hall–Kier alpha value is -3.79. The quantitative estimate of drug-likeness (QED) is 0.347. The molecule has 2 N–H and O–H groups in total. The minimum absolute atomic E-state index is 0.0204. The molecule has 2 aromatic carbocycles. The van der Waals surface area contributed by atoms with Crippen molar-refractivity contribution in [3.63, 3.8) is 0 Å². The fraction of sp³-hybridized carbons (Fsp3) is 0.158. The van der Waals surface area contributed by atoms with Crippen molar-refractivity contribution in [2.45, 2.75) is 19.4 Å². The maximum absolute atomic E-state index is 12.3. The number of fused-ring (bicyclic) bond motifs is 1. The fourth-order valence-corrected chi connectivity index (χ4v) is 2.86. The molecule has 1 aromatic heterocycles. The van der Waals surface area contributed by atoms with Gasteiger partial charge in [-0.2, -0.15) is 5.10 Å². The van der Waals surface area contributed by atoms with Crippen LogP contribution in [0.2, 0.25) is 5.02 Å². The number of nitrogens with zero attached hydrogens (tertiary/aromatic N) is 2. The number of anilines is 1. The van der Waals surface area contributed by atoms with E-state index in [-0.39, 0.29) is 28.4 Å². The van der Waals surface area contributed by atoms with Crippen molar-refractivity contribution >= 4 is 45.6 Å². The third-order valence-corrected chi connectivity index (χ3v) is 4.51. The summed E-state index contributed by atoms with van der Waals surface area (Å²) in [4.78, 5) is 46.6. The Morgan fingerprint density at radius 2 is 1.97 bits per heavy atom. The molecule has 11 heteroatoms. The van der Waals surface area contributed by atoms with E-state index in [9.17, 15) is 24.5 Å². The van der Waals surface area contributed by atoms with Gasteiger partial charge in [0.1, 0.15) is 0 Å². The first-order chi connectivity index (χ1) is 14.3. The lowest BCUT2D eigenvalue weighted by atomic mass is 10.1. The molecule has 0 fully saturated rings. The van der Waals surface area contributed by atoms with Gasteiger partial charge in [-0.1, -0.05) is 29.8 Å². The summed E-state index contributed by atoms with van der Waals surface area (Å²) in [6.45, 7) is 1.34. The number of H-pyrrole nitrogens is 1. The number of rotatable bonds is 6. The Balaban J connectivity index is 1.68. The highest BCUT2D eigenvalue weighted by molar-refractivity contribution is 6.33. The molecule has 0 aliphatic rings. The number of benzene rings is 2. The van der Waals surface area contributed by atoms with Crippen molar-refractivity contribution < 1.29 is 19.2 Å². The third-order valence-electron chi connectivity index (χ3n) is 4.18. The van der Waals surface area contributed by atoms with Gasteiger partial charge in [0.15, 0.2) is 6.10 Å². The summed E-state index contributed by atoms with van der Waals surface area (Å²) in [6, 6.07) is 10.2. The average molecular weight is 431 g/mol. The number of non-ortho nitro benzene ring substituents is 1. The topological polar surface area (TPSA) is 144 Å². The zero-order chi connectivity index (χ0) is 21.8. The number of aromatic nitrogens is 2. The monoisotopic (exact) mass is 430 g/mol. The maximum atomic E-state index is 12.3. The number of ether oxygens (including phenoxy) is 1. The predicted octanol–water partition coefficient (Wildman–Crippen LogP) is 2.60. The zero-order valence-corrected chi connectivity index (χ0v) is 16.3. The van der Waals surface area contributed by atoms with Crippen LogP contribution in [0.1, 0.15) is 12.6 Å². The molecule has 0 bridgehead atoms. The smallest absolute Gasteiger partial charge is 0.312 e. The number of nitro benzene ring substituents is 1. The second kappa shape index (κ2) is 8.70. The van der Waals surface area contributed by atoms with Crippen LogP contribution in [0.15, 0.2) is 47.3 Å². The summed E-state index contributed by atoms with van der Waals surface area (Å²) in [7, 11) is 0. The molecule has 0 radical (unpaired) electrons. The highest BCUT2D eigenvalue weighted by Gasteiger charge is 2.21. The van der Waals surface area contributed by atoms with Crippen molar-refractivity contribution in [1.82, 2.24) is 10.2 Å². The van der Waals surface area contributed by atoms with Gasteiger partial charge in [0, 0.05) is 17.5 Å². The molecule has 30 heavy (non-hydrogen) atoms. The highest BCUT2D eigenvalue weighted by Crippen LogP contribution is 2.27. The number of hydrogen-bond donors (Lipinski definition) is 2. The van der Waals surface area contributed by atoms with Crippen LogP contribution in [0.25, 0.3) is 10.8 Å². The van der Waals surface area contributed by atoms with E-state index >= 15 is 0 Å². The first kappa shape index (κ1) is 20.9. The van der Waals surface area contributed by atoms with Gasteiger partial charge in [0.2, 0.25) is 0 Å². The van der Waals surface area contributed by atoms with Crippen molar-refractivity contribution in [1.29, 1.82) is 0 Å². The summed E-state index contributed by atoms with van der Waals surface area (Å²) in [5.74, 6) is -1.46. The molecule has 0 saturated heterocycles. The Morgan fingerprint density at radius 3 is 2.67 bits per heavy atom. The molecular weight excluding hydrogens is 416 g/mol. The van der Waals surface area contributed by atoms with Gasteiger partial charge in [-0.15, -0.1) is 0 Å². The normalized spacial score (nSPS) is 11.7. The summed E-state index contributed by atoms with van der Waals surface area (Å²) < 4.78 is 5.13. The van der Waals surface area contributed by atoms with E-state index in [1.165, 1.54) is 19.1 Å². The number of esters is 1. The third kappa shape index (κ3) is 4.61. The molecule has 1 atom stereocenters. The van der Waals surface area contributed by atoms with Gasteiger partial charge in [0.25, 0.3) is 17.2 Å². The van der Waals surface area contributed by atoms with Gasteiger partial charge in [-0.05, 0) is 19.1 Å². The number of carbonyl (C=O) groups excluding carboxylic acids is 2. The summed E-state index contributed by atoms with van der Waals surface area (Å²) in [5.41, 5.74) is -0.323. The minimum Gasteiger partial charge on any atom is -0.452 e. The summed E-state index contributed by atoms with van der Waals surface area (Å²) >= 11 is 5.95. The SMILES string of the molecule is C[C@H](OC(=O)Cc1n[nH]c(=O)c2ccccc12)C(=O)Nc1cc([N+](=O)[O-])ccc1Cl. The molecule has 10 nitrogen and oxygen atoms in total. The van der Waals surface area contributed by atoms with Crippen LogP contribution >= 0.6 is 11.6 Å². The predicted molar refractivity (Wildman–Crippen MR) is 108 cm³/mol. The highest BCUT2D eigenvalue weighted by atomic mass is 35.5. The summed E-state index contributed by atoms with van der Waals surface area (Å²) in [6.07, 6.45) is -1.48. The molecule has 0 saturated carbocycles. The van der Waals surface area contributed by atoms with Crippen LogP contribution in [-0.2, 0) is 20.7 Å². The van der Waals surface area contributed by atoms with Crippen LogP contribution in [0.3, 0.4) is 0 Å². The van der Waals surface area contributed by atoms with Crippen LogP contribution in [-0.4, -0.2) is 33.1 Å². The van der Waals surface area contributed by atoms with Crippen molar-refractivity contribution in [3.8, 4) is 0 Å². The molecule has 1 heterocycles. The van der Waals surface area contributed by atoms with Crippen LogP contribution < -0.4 is 10.9 Å². The second-order valence-corrected chi connectivity index (χ2v) is 6.67. The molecule has 3 aromatic rings. The molecule has 0 aliphatic heterocycles. The van der Waals surface area contributed by atoms with Crippen LogP contribution in [0.4, 0.5) is 11.4 Å². The molecule has 0 aliphatic carbocycles. The van der Waals surface area contributed by atoms with Gasteiger partial charge in [-0.25, -0.2) is 5.10 Å². The van der Waals surface area contributed by atoms with Crippen molar-refractivity contribution in [2.24, 2.45) is 0 Å². The first-order valence-electron chi connectivity index (χ1n) is 8.67. The Labute approximate surface area is 174 Å². The number of carbonyl (C=O) groups is 2. The molecule has 154 valence electrons. The van der Waals surface area contributed by atoms with E-state index in [2.05, 4.69) is 15.5 Å². The Morgan fingerprint density at radius 1 is 1.27 bits per heavy atom. The van der Waals surface area contributed by atoms with E-state index in [0.29, 0.717) is 16.5 Å². The minimum atomic E-state index is -1.21. The van der Waals surface area contributed by atoms with Gasteiger partial charge < -0.3 is 10.1 Å². The first-order valence-corrected chi connectivity index (χ1v) is 9.04. The number of hydrogen-bond acceptors (Lipinski definition) is 7. The van der Waals surface area contributed by atoms with Gasteiger partial charge >= 0.3 is 5.97 Å². The molecule has 1 amide bonds. The van der Waals surface area contributed by atoms with Gasteiger partial charge in [0.05, 0.1) is 33.1 Å². The van der Waals surface area contributed by atoms with Crippen LogP contribution in [0.5, 0.6) is 0 Å². The van der Waals surface area contributed by atoms with E-state index in [4.69, 9.17) is 16.3 Å². The average Bonchev–Trinajstić information content (AvgIpc) is 2.71. The lowest BCUT2D eigenvalue weighted by Crippen LogP contribution is -2.30. The van der Waals surface area contributed by atoms with Gasteiger partial charge in [-0.3, -0.25) is 24.5 Å². The number of nitrogens with one attached hydrogen (secondary N) is 2. The Bertz CT molecular complexity index is 1210.